The van der Waals surface area contributed by atoms with Crippen LogP contribution in [0.25, 0.3) is 0 Å². The molecule has 2 aromatic rings. The molecule has 1 atom stereocenters. The molecule has 1 aliphatic rings. The molecule has 0 radical (unpaired) electrons. The molecule has 0 bridgehead atoms. The second-order valence-corrected chi connectivity index (χ2v) is 6.06. The average molecular weight is 329 g/mol. The number of benzene rings is 2. The largest absolute Gasteiger partial charge is 0.352 e. The molecule has 5 heteroatoms. The lowest BCUT2D eigenvalue weighted by Gasteiger charge is -2.16. The summed E-state index contributed by atoms with van der Waals surface area (Å²) in [6, 6.07) is 16.4. The Hall–Kier alpha value is -2.33. The van der Waals surface area contributed by atoms with E-state index in [9.17, 15) is 9.59 Å². The molecule has 1 aliphatic heterocycles. The van der Waals surface area contributed by atoms with Gasteiger partial charge in [-0.15, -0.1) is 0 Å². The van der Waals surface area contributed by atoms with Crippen LogP contribution in [0.15, 0.2) is 54.6 Å². The van der Waals surface area contributed by atoms with E-state index in [0.717, 1.165) is 5.69 Å². The second kappa shape index (κ2) is 6.84. The third-order valence-electron chi connectivity index (χ3n) is 3.93. The molecule has 1 fully saturated rings. The summed E-state index contributed by atoms with van der Waals surface area (Å²) in [5, 5.41) is 3.49. The monoisotopic (exact) mass is 328 g/mol. The van der Waals surface area contributed by atoms with Crippen LogP contribution in [0.3, 0.4) is 0 Å². The predicted molar refractivity (Wildman–Crippen MR) is 90.7 cm³/mol. The molecule has 1 heterocycles. The third kappa shape index (κ3) is 3.71. The van der Waals surface area contributed by atoms with Crippen molar-refractivity contribution in [3.8, 4) is 0 Å². The number of amides is 2. The van der Waals surface area contributed by atoms with Crippen LogP contribution in [-0.2, 0) is 4.79 Å². The maximum atomic E-state index is 12.1. The van der Waals surface area contributed by atoms with Crippen molar-refractivity contribution in [1.82, 2.24) is 5.32 Å². The first-order valence-corrected chi connectivity index (χ1v) is 7.90. The van der Waals surface area contributed by atoms with Gasteiger partial charge in [0.1, 0.15) is 0 Å². The van der Waals surface area contributed by atoms with Crippen LogP contribution in [0.2, 0.25) is 5.02 Å². The highest BCUT2D eigenvalue weighted by molar-refractivity contribution is 6.30. The van der Waals surface area contributed by atoms with E-state index in [4.69, 9.17) is 11.6 Å². The molecule has 0 aromatic heterocycles. The van der Waals surface area contributed by atoms with Crippen molar-refractivity contribution in [1.29, 1.82) is 0 Å². The number of carbonyl (C=O) groups is 2. The van der Waals surface area contributed by atoms with Crippen molar-refractivity contribution in [3.05, 3.63) is 65.2 Å². The van der Waals surface area contributed by atoms with E-state index in [0.29, 0.717) is 30.1 Å². The van der Waals surface area contributed by atoms with Gasteiger partial charge in [-0.25, -0.2) is 0 Å². The molecule has 0 aliphatic carbocycles. The number of carbonyl (C=O) groups excluding carboxylic acids is 2. The van der Waals surface area contributed by atoms with Crippen molar-refractivity contribution in [2.45, 2.75) is 6.42 Å². The molecule has 0 spiro atoms. The molecular weight excluding hydrogens is 312 g/mol. The molecule has 2 aromatic carbocycles. The van der Waals surface area contributed by atoms with Crippen molar-refractivity contribution < 1.29 is 9.59 Å². The van der Waals surface area contributed by atoms with Crippen molar-refractivity contribution in [3.63, 3.8) is 0 Å². The van der Waals surface area contributed by atoms with Gasteiger partial charge in [-0.3, -0.25) is 9.59 Å². The van der Waals surface area contributed by atoms with Gasteiger partial charge in [0.2, 0.25) is 5.91 Å². The number of anilines is 1. The van der Waals surface area contributed by atoms with E-state index in [1.54, 1.807) is 29.2 Å². The Morgan fingerprint density at radius 1 is 1.13 bits per heavy atom. The van der Waals surface area contributed by atoms with Crippen LogP contribution in [0, 0.1) is 5.92 Å². The maximum Gasteiger partial charge on any atom is 0.251 e. The van der Waals surface area contributed by atoms with Crippen molar-refractivity contribution in [2.24, 2.45) is 5.92 Å². The predicted octanol–water partition coefficient (Wildman–Crippen LogP) is 3.12. The zero-order valence-electron chi connectivity index (χ0n) is 12.5. The Morgan fingerprint density at radius 2 is 1.83 bits per heavy atom. The summed E-state index contributed by atoms with van der Waals surface area (Å²) < 4.78 is 0. The van der Waals surface area contributed by atoms with Crippen molar-refractivity contribution >= 4 is 29.1 Å². The summed E-state index contributed by atoms with van der Waals surface area (Å²) >= 11 is 5.81. The minimum atomic E-state index is -0.146. The highest BCUT2D eigenvalue weighted by atomic mass is 35.5. The summed E-state index contributed by atoms with van der Waals surface area (Å²) in [5.74, 6) is 0.0770. The topological polar surface area (TPSA) is 49.4 Å². The van der Waals surface area contributed by atoms with E-state index in [1.165, 1.54) is 0 Å². The minimum Gasteiger partial charge on any atom is -0.352 e. The number of hydrogen-bond acceptors (Lipinski definition) is 2. The van der Waals surface area contributed by atoms with Gasteiger partial charge in [0.15, 0.2) is 0 Å². The maximum absolute atomic E-state index is 12.1. The Balaban J connectivity index is 1.56. The van der Waals surface area contributed by atoms with E-state index in [-0.39, 0.29) is 17.7 Å². The van der Waals surface area contributed by atoms with Gasteiger partial charge in [-0.05, 0) is 36.4 Å². The smallest absolute Gasteiger partial charge is 0.251 e. The highest BCUT2D eigenvalue weighted by Gasteiger charge is 2.30. The quantitative estimate of drug-likeness (QED) is 0.937. The molecule has 1 unspecified atom stereocenters. The van der Waals surface area contributed by atoms with E-state index >= 15 is 0 Å². The number of hydrogen-bond donors (Lipinski definition) is 1. The van der Waals surface area contributed by atoms with E-state index in [1.807, 2.05) is 30.3 Å². The molecule has 1 N–H and O–H groups in total. The van der Waals surface area contributed by atoms with Gasteiger partial charge >= 0.3 is 0 Å². The summed E-state index contributed by atoms with van der Waals surface area (Å²) in [6.45, 7) is 1.11. The highest BCUT2D eigenvalue weighted by Crippen LogP contribution is 2.24. The van der Waals surface area contributed by atoms with Gasteiger partial charge in [0.05, 0.1) is 0 Å². The molecule has 3 rings (SSSR count). The molecule has 1 saturated heterocycles. The SMILES string of the molecule is O=C(NCC1CC(=O)N(c2ccccc2)C1)c1ccc(Cl)cc1. The Labute approximate surface area is 140 Å². The molecule has 4 nitrogen and oxygen atoms in total. The fourth-order valence-electron chi connectivity index (χ4n) is 2.72. The minimum absolute atomic E-state index is 0.0990. The van der Waals surface area contributed by atoms with Gasteiger partial charge in [-0.1, -0.05) is 29.8 Å². The molecule has 2 amide bonds. The number of para-hydroxylation sites is 1. The zero-order valence-corrected chi connectivity index (χ0v) is 13.3. The van der Waals surface area contributed by atoms with Crippen LogP contribution in [-0.4, -0.2) is 24.9 Å². The van der Waals surface area contributed by atoms with Gasteiger partial charge in [-0.2, -0.15) is 0 Å². The second-order valence-electron chi connectivity index (χ2n) is 5.63. The summed E-state index contributed by atoms with van der Waals surface area (Å²) in [5.41, 5.74) is 1.47. The fourth-order valence-corrected chi connectivity index (χ4v) is 2.84. The Morgan fingerprint density at radius 3 is 2.52 bits per heavy atom. The number of nitrogens with one attached hydrogen (secondary N) is 1. The van der Waals surface area contributed by atoms with Crippen LogP contribution in [0.5, 0.6) is 0 Å². The third-order valence-corrected chi connectivity index (χ3v) is 4.18. The first-order valence-electron chi connectivity index (χ1n) is 7.52. The Bertz CT molecular complexity index is 701. The first-order chi connectivity index (χ1) is 11.1. The number of rotatable bonds is 4. The van der Waals surface area contributed by atoms with E-state index < -0.39 is 0 Å². The normalized spacial score (nSPS) is 17.3. The average Bonchev–Trinajstić information content (AvgIpc) is 2.95. The molecular formula is C18H17ClN2O2. The molecule has 0 saturated carbocycles. The van der Waals surface area contributed by atoms with Crippen LogP contribution >= 0.6 is 11.6 Å². The van der Waals surface area contributed by atoms with Crippen molar-refractivity contribution in [2.75, 3.05) is 18.0 Å². The van der Waals surface area contributed by atoms with Crippen LogP contribution in [0.4, 0.5) is 5.69 Å². The van der Waals surface area contributed by atoms with Gasteiger partial charge in [0.25, 0.3) is 5.91 Å². The number of halogens is 1. The lowest BCUT2D eigenvalue weighted by Crippen LogP contribution is -2.31. The molecule has 118 valence electrons. The first kappa shape index (κ1) is 15.6. The summed E-state index contributed by atoms with van der Waals surface area (Å²) in [6.07, 6.45) is 0.454. The number of nitrogens with zero attached hydrogens (tertiary/aromatic N) is 1. The fraction of sp³-hybridized carbons (Fsp3) is 0.222. The van der Waals surface area contributed by atoms with Crippen LogP contribution < -0.4 is 10.2 Å². The van der Waals surface area contributed by atoms with E-state index in [2.05, 4.69) is 5.32 Å². The standard InChI is InChI=1S/C18H17ClN2O2/c19-15-8-6-14(7-9-15)18(23)20-11-13-10-17(22)21(12-13)16-4-2-1-3-5-16/h1-9,13H,10-12H2,(H,20,23). The summed E-state index contributed by atoms with van der Waals surface area (Å²) in [7, 11) is 0. The van der Waals surface area contributed by atoms with Gasteiger partial charge < -0.3 is 10.2 Å². The van der Waals surface area contributed by atoms with Gasteiger partial charge in [0, 0.05) is 41.7 Å². The lowest BCUT2D eigenvalue weighted by atomic mass is 10.1. The summed E-state index contributed by atoms with van der Waals surface area (Å²) in [4.78, 5) is 26.0. The molecule has 23 heavy (non-hydrogen) atoms. The van der Waals surface area contributed by atoms with Crippen LogP contribution in [0.1, 0.15) is 16.8 Å². The zero-order chi connectivity index (χ0) is 16.2. The lowest BCUT2D eigenvalue weighted by molar-refractivity contribution is -0.117. The Kier molecular flexibility index (Phi) is 4.63.